The number of nitrogens with zero attached hydrogens (tertiary/aromatic N) is 1. The number of phenolic OH excluding ortho intramolecular Hbond substituents is 1. The van der Waals surface area contributed by atoms with Crippen molar-refractivity contribution in [3.05, 3.63) is 59.2 Å². The van der Waals surface area contributed by atoms with E-state index in [1.807, 2.05) is 12.1 Å². The van der Waals surface area contributed by atoms with Crippen LogP contribution in [0.3, 0.4) is 0 Å². The zero-order valence-corrected chi connectivity index (χ0v) is 12.4. The maximum Gasteiger partial charge on any atom is 0.123 e. The van der Waals surface area contributed by atoms with Gasteiger partial charge in [-0.25, -0.2) is 0 Å². The van der Waals surface area contributed by atoms with Crippen LogP contribution in [0.5, 0.6) is 11.5 Å². The number of aromatic hydroxyl groups is 1. The van der Waals surface area contributed by atoms with Crippen LogP contribution in [-0.2, 0) is 19.4 Å². The van der Waals surface area contributed by atoms with Crippen molar-refractivity contribution in [2.24, 2.45) is 0 Å². The van der Waals surface area contributed by atoms with E-state index in [1.165, 1.54) is 11.1 Å². The Hall–Kier alpha value is -2.00. The van der Waals surface area contributed by atoms with Gasteiger partial charge in [0, 0.05) is 31.3 Å². The molecule has 3 heteroatoms. The van der Waals surface area contributed by atoms with Gasteiger partial charge in [0.1, 0.15) is 11.5 Å². The van der Waals surface area contributed by atoms with Crippen molar-refractivity contribution in [3.63, 3.8) is 0 Å². The van der Waals surface area contributed by atoms with Crippen LogP contribution in [0.2, 0.25) is 0 Å². The number of phenols is 1. The van der Waals surface area contributed by atoms with Crippen molar-refractivity contribution in [2.75, 3.05) is 20.2 Å². The van der Waals surface area contributed by atoms with Crippen LogP contribution >= 0.6 is 0 Å². The van der Waals surface area contributed by atoms with Crippen molar-refractivity contribution >= 4 is 0 Å². The summed E-state index contributed by atoms with van der Waals surface area (Å²) in [5.74, 6) is 1.01. The molecule has 3 rings (SSSR count). The molecule has 110 valence electrons. The fourth-order valence-electron chi connectivity index (χ4n) is 2.92. The summed E-state index contributed by atoms with van der Waals surface area (Å²) in [5, 5.41) is 10.1. The summed E-state index contributed by atoms with van der Waals surface area (Å²) in [5.41, 5.74) is 3.87. The minimum absolute atomic E-state index is 0.316. The van der Waals surface area contributed by atoms with Gasteiger partial charge in [0.05, 0.1) is 7.11 Å². The molecule has 1 aliphatic heterocycles. The first-order valence-corrected chi connectivity index (χ1v) is 7.41. The molecule has 0 unspecified atom stereocenters. The van der Waals surface area contributed by atoms with Gasteiger partial charge in [-0.1, -0.05) is 30.3 Å². The van der Waals surface area contributed by atoms with Crippen LogP contribution in [-0.4, -0.2) is 30.2 Å². The number of fused-ring (bicyclic) bond motifs is 1. The fraction of sp³-hybridized carbons (Fsp3) is 0.333. The molecule has 0 saturated heterocycles. The average Bonchev–Trinajstić information content (AvgIpc) is 2.72. The third kappa shape index (κ3) is 3.19. The zero-order chi connectivity index (χ0) is 14.7. The second-order valence-electron chi connectivity index (χ2n) is 5.54. The molecule has 0 amide bonds. The fourth-order valence-corrected chi connectivity index (χ4v) is 2.92. The van der Waals surface area contributed by atoms with Gasteiger partial charge in [-0.3, -0.25) is 4.90 Å². The van der Waals surface area contributed by atoms with E-state index in [9.17, 15) is 5.11 Å². The smallest absolute Gasteiger partial charge is 0.123 e. The number of hydrogen-bond acceptors (Lipinski definition) is 3. The minimum Gasteiger partial charge on any atom is -0.507 e. The van der Waals surface area contributed by atoms with Crippen LogP contribution in [0.25, 0.3) is 0 Å². The van der Waals surface area contributed by atoms with Crippen LogP contribution in [0, 0.1) is 0 Å². The molecule has 1 N–H and O–H groups in total. The van der Waals surface area contributed by atoms with Crippen molar-refractivity contribution in [3.8, 4) is 11.5 Å². The maximum absolute atomic E-state index is 10.1. The quantitative estimate of drug-likeness (QED) is 0.940. The zero-order valence-electron chi connectivity index (χ0n) is 12.4. The van der Waals surface area contributed by atoms with Crippen molar-refractivity contribution in [1.29, 1.82) is 0 Å². The molecule has 0 bridgehead atoms. The third-order valence-corrected chi connectivity index (χ3v) is 4.20. The SMILES string of the molecule is COc1ccc(CN2CCc3ccccc3CC2)c(O)c1. The lowest BCUT2D eigenvalue weighted by molar-refractivity contribution is 0.274. The molecule has 0 aromatic heterocycles. The van der Waals surface area contributed by atoms with Crippen LogP contribution in [0.1, 0.15) is 16.7 Å². The Labute approximate surface area is 125 Å². The molecular weight excluding hydrogens is 262 g/mol. The Kier molecular flexibility index (Phi) is 4.11. The summed E-state index contributed by atoms with van der Waals surface area (Å²) in [6.07, 6.45) is 2.15. The second kappa shape index (κ2) is 6.19. The van der Waals surface area contributed by atoms with E-state index >= 15 is 0 Å². The summed E-state index contributed by atoms with van der Waals surface area (Å²) < 4.78 is 5.13. The predicted molar refractivity (Wildman–Crippen MR) is 83.8 cm³/mol. The molecule has 3 nitrogen and oxygen atoms in total. The lowest BCUT2D eigenvalue weighted by Crippen LogP contribution is -2.25. The largest absolute Gasteiger partial charge is 0.507 e. The molecule has 0 aliphatic carbocycles. The molecule has 0 spiro atoms. The molecule has 1 aliphatic rings. The van der Waals surface area contributed by atoms with Crippen molar-refractivity contribution in [2.45, 2.75) is 19.4 Å². The summed E-state index contributed by atoms with van der Waals surface area (Å²) in [6, 6.07) is 14.2. The van der Waals surface area contributed by atoms with Crippen molar-refractivity contribution < 1.29 is 9.84 Å². The van der Waals surface area contributed by atoms with Gasteiger partial charge in [0.2, 0.25) is 0 Å². The lowest BCUT2D eigenvalue weighted by atomic mass is 10.0. The van der Waals surface area contributed by atoms with E-state index in [-0.39, 0.29) is 0 Å². The van der Waals surface area contributed by atoms with Crippen LogP contribution in [0.4, 0.5) is 0 Å². The Balaban J connectivity index is 1.70. The molecule has 0 atom stereocenters. The van der Waals surface area contributed by atoms with E-state index in [2.05, 4.69) is 29.2 Å². The maximum atomic E-state index is 10.1. The normalized spacial score (nSPS) is 15.3. The minimum atomic E-state index is 0.316. The highest BCUT2D eigenvalue weighted by molar-refractivity contribution is 5.39. The summed E-state index contributed by atoms with van der Waals surface area (Å²) in [7, 11) is 1.61. The molecule has 1 heterocycles. The van der Waals surface area contributed by atoms with Gasteiger partial charge in [-0.2, -0.15) is 0 Å². The van der Waals surface area contributed by atoms with Gasteiger partial charge in [0.25, 0.3) is 0 Å². The first-order chi connectivity index (χ1) is 10.3. The Bertz CT molecular complexity index is 597. The standard InChI is InChI=1S/C18H21NO2/c1-21-17-7-6-16(18(20)12-17)13-19-10-8-14-4-2-3-5-15(14)9-11-19/h2-7,12,20H,8-11,13H2,1H3. The van der Waals surface area contributed by atoms with E-state index < -0.39 is 0 Å². The molecule has 0 saturated carbocycles. The highest BCUT2D eigenvalue weighted by atomic mass is 16.5. The average molecular weight is 283 g/mol. The van der Waals surface area contributed by atoms with Gasteiger partial charge >= 0.3 is 0 Å². The monoisotopic (exact) mass is 283 g/mol. The predicted octanol–water partition coefficient (Wildman–Crippen LogP) is 3.00. The van der Waals surface area contributed by atoms with E-state index in [4.69, 9.17) is 4.74 Å². The van der Waals surface area contributed by atoms with Crippen molar-refractivity contribution in [1.82, 2.24) is 4.90 Å². The molecule has 21 heavy (non-hydrogen) atoms. The number of rotatable bonds is 3. The number of methoxy groups -OCH3 is 1. The lowest BCUT2D eigenvalue weighted by Gasteiger charge is -2.20. The van der Waals surface area contributed by atoms with E-state index in [0.717, 1.165) is 38.0 Å². The molecule has 0 fully saturated rings. The first-order valence-electron chi connectivity index (χ1n) is 7.41. The Morgan fingerprint density at radius 1 is 1.05 bits per heavy atom. The summed E-state index contributed by atoms with van der Waals surface area (Å²) in [6.45, 7) is 2.84. The van der Waals surface area contributed by atoms with Gasteiger partial charge in [-0.15, -0.1) is 0 Å². The van der Waals surface area contributed by atoms with Crippen LogP contribution in [0.15, 0.2) is 42.5 Å². The number of hydrogen-bond donors (Lipinski definition) is 1. The number of benzene rings is 2. The third-order valence-electron chi connectivity index (χ3n) is 4.20. The van der Waals surface area contributed by atoms with Gasteiger partial charge in [-0.05, 0) is 30.0 Å². The summed E-state index contributed by atoms with van der Waals surface area (Å²) in [4.78, 5) is 2.40. The Morgan fingerprint density at radius 3 is 2.29 bits per heavy atom. The summed E-state index contributed by atoms with van der Waals surface area (Å²) >= 11 is 0. The topological polar surface area (TPSA) is 32.7 Å². The van der Waals surface area contributed by atoms with Gasteiger partial charge in [0.15, 0.2) is 0 Å². The molecule has 2 aromatic rings. The first kappa shape index (κ1) is 14.0. The molecule has 0 radical (unpaired) electrons. The Morgan fingerprint density at radius 2 is 1.71 bits per heavy atom. The second-order valence-corrected chi connectivity index (χ2v) is 5.54. The molecular formula is C18H21NO2. The van der Waals surface area contributed by atoms with Crippen LogP contribution < -0.4 is 4.74 Å². The highest BCUT2D eigenvalue weighted by Gasteiger charge is 2.15. The molecule has 2 aromatic carbocycles. The van der Waals surface area contributed by atoms with E-state index in [0.29, 0.717) is 11.5 Å². The van der Waals surface area contributed by atoms with E-state index in [1.54, 1.807) is 13.2 Å². The highest BCUT2D eigenvalue weighted by Crippen LogP contribution is 2.25. The van der Waals surface area contributed by atoms with Gasteiger partial charge < -0.3 is 9.84 Å². The number of ether oxygens (including phenoxy) is 1.